The van der Waals surface area contributed by atoms with Crippen LogP contribution in [0.25, 0.3) is 6.08 Å². The fourth-order valence-corrected chi connectivity index (χ4v) is 2.04. The molecule has 0 atom stereocenters. The normalized spacial score (nSPS) is 10.6. The number of aromatic nitrogens is 2. The molecule has 0 radical (unpaired) electrons. The Bertz CT molecular complexity index is 698. The highest BCUT2D eigenvalue weighted by Crippen LogP contribution is 2.12. The lowest BCUT2D eigenvalue weighted by Crippen LogP contribution is -2.27. The van der Waals surface area contributed by atoms with Crippen molar-refractivity contribution in [3.05, 3.63) is 53.9 Å². The molecule has 0 aliphatic carbocycles. The van der Waals surface area contributed by atoms with E-state index in [2.05, 4.69) is 20.6 Å². The molecule has 6 nitrogen and oxygen atoms in total. The predicted octanol–water partition coefficient (Wildman–Crippen LogP) is 2.09. The fraction of sp³-hybridized carbons (Fsp3) is 0.278. The van der Waals surface area contributed by atoms with E-state index in [-0.39, 0.29) is 5.91 Å². The van der Waals surface area contributed by atoms with Gasteiger partial charge in [-0.2, -0.15) is 0 Å². The van der Waals surface area contributed by atoms with E-state index in [4.69, 9.17) is 0 Å². The molecule has 2 N–H and O–H groups in total. The van der Waals surface area contributed by atoms with Gasteiger partial charge in [-0.25, -0.2) is 9.97 Å². The molecule has 24 heavy (non-hydrogen) atoms. The van der Waals surface area contributed by atoms with Gasteiger partial charge in [-0.05, 0) is 18.6 Å². The standard InChI is InChI=1S/C18H23N5O/c1-14-21-16(13-17(22-14)23(2)3)19-11-12-20-18(24)10-9-15-7-5-4-6-8-15/h4-10,13H,11-12H2,1-3H3,(H,20,24)(H,19,21,22). The van der Waals surface area contributed by atoms with Crippen LogP contribution in [0.2, 0.25) is 0 Å². The molecule has 1 heterocycles. The van der Waals surface area contributed by atoms with Crippen LogP contribution >= 0.6 is 0 Å². The summed E-state index contributed by atoms with van der Waals surface area (Å²) < 4.78 is 0. The van der Waals surface area contributed by atoms with Crippen molar-refractivity contribution in [1.29, 1.82) is 0 Å². The van der Waals surface area contributed by atoms with Crippen LogP contribution in [0.4, 0.5) is 11.6 Å². The van der Waals surface area contributed by atoms with Crippen molar-refractivity contribution < 1.29 is 4.79 Å². The van der Waals surface area contributed by atoms with Crippen LogP contribution in [0, 0.1) is 6.92 Å². The molecule has 0 bridgehead atoms. The maximum atomic E-state index is 11.8. The van der Waals surface area contributed by atoms with E-state index < -0.39 is 0 Å². The lowest BCUT2D eigenvalue weighted by molar-refractivity contribution is -0.116. The summed E-state index contributed by atoms with van der Waals surface area (Å²) in [6.45, 7) is 2.96. The maximum absolute atomic E-state index is 11.8. The average molecular weight is 325 g/mol. The zero-order valence-corrected chi connectivity index (χ0v) is 14.3. The number of hydrogen-bond acceptors (Lipinski definition) is 5. The first-order valence-electron chi connectivity index (χ1n) is 7.82. The maximum Gasteiger partial charge on any atom is 0.244 e. The summed E-state index contributed by atoms with van der Waals surface area (Å²) in [5.41, 5.74) is 0.999. The van der Waals surface area contributed by atoms with Crippen molar-refractivity contribution in [3.63, 3.8) is 0 Å². The van der Waals surface area contributed by atoms with Crippen LogP contribution in [0.1, 0.15) is 11.4 Å². The van der Waals surface area contributed by atoms with Crippen LogP contribution < -0.4 is 15.5 Å². The van der Waals surface area contributed by atoms with E-state index in [1.165, 1.54) is 6.08 Å². The number of amides is 1. The van der Waals surface area contributed by atoms with Crippen molar-refractivity contribution in [3.8, 4) is 0 Å². The summed E-state index contributed by atoms with van der Waals surface area (Å²) >= 11 is 0. The molecule has 0 aliphatic rings. The quantitative estimate of drug-likeness (QED) is 0.602. The van der Waals surface area contributed by atoms with Crippen LogP contribution in [-0.4, -0.2) is 43.1 Å². The van der Waals surface area contributed by atoms with Gasteiger partial charge in [0.25, 0.3) is 0 Å². The molecule has 1 aromatic heterocycles. The van der Waals surface area contributed by atoms with Gasteiger partial charge < -0.3 is 15.5 Å². The zero-order chi connectivity index (χ0) is 17.4. The minimum absolute atomic E-state index is 0.117. The molecular formula is C18H23N5O. The summed E-state index contributed by atoms with van der Waals surface area (Å²) in [7, 11) is 3.87. The van der Waals surface area contributed by atoms with Gasteiger partial charge in [0.05, 0.1) is 0 Å². The molecule has 0 saturated heterocycles. The van der Waals surface area contributed by atoms with E-state index >= 15 is 0 Å². The first kappa shape index (κ1) is 17.5. The molecule has 0 saturated carbocycles. The van der Waals surface area contributed by atoms with Crippen LogP contribution in [0.3, 0.4) is 0 Å². The van der Waals surface area contributed by atoms with Crippen molar-refractivity contribution in [2.45, 2.75) is 6.92 Å². The number of anilines is 2. The predicted molar refractivity (Wildman–Crippen MR) is 98.1 cm³/mol. The van der Waals surface area contributed by atoms with Gasteiger partial charge in [-0.1, -0.05) is 30.3 Å². The summed E-state index contributed by atoms with van der Waals surface area (Å²) in [4.78, 5) is 22.4. The lowest BCUT2D eigenvalue weighted by Gasteiger charge is -2.14. The highest BCUT2D eigenvalue weighted by molar-refractivity contribution is 5.91. The summed E-state index contributed by atoms with van der Waals surface area (Å²) in [5.74, 6) is 2.19. The average Bonchev–Trinajstić information content (AvgIpc) is 2.57. The Morgan fingerprint density at radius 1 is 1.17 bits per heavy atom. The molecule has 2 rings (SSSR count). The summed E-state index contributed by atoms with van der Waals surface area (Å²) in [6, 6.07) is 11.6. The number of carbonyl (C=O) groups is 1. The molecule has 1 aromatic carbocycles. The molecule has 2 aromatic rings. The van der Waals surface area contributed by atoms with E-state index in [1.807, 2.05) is 62.3 Å². The van der Waals surface area contributed by atoms with Crippen LogP contribution in [0.15, 0.2) is 42.5 Å². The Kier molecular flexibility index (Phi) is 6.31. The van der Waals surface area contributed by atoms with Gasteiger partial charge in [0.2, 0.25) is 5.91 Å². The lowest BCUT2D eigenvalue weighted by atomic mass is 10.2. The number of benzene rings is 1. The third-order valence-electron chi connectivity index (χ3n) is 3.24. The fourth-order valence-electron chi connectivity index (χ4n) is 2.04. The first-order chi connectivity index (χ1) is 11.5. The van der Waals surface area contributed by atoms with Gasteiger partial charge in [0.1, 0.15) is 17.5 Å². The minimum Gasteiger partial charge on any atom is -0.368 e. The Labute approximate surface area is 142 Å². The highest BCUT2D eigenvalue weighted by atomic mass is 16.1. The number of nitrogens with zero attached hydrogens (tertiary/aromatic N) is 3. The number of nitrogens with one attached hydrogen (secondary N) is 2. The molecule has 0 aliphatic heterocycles. The third kappa shape index (κ3) is 5.72. The number of carbonyl (C=O) groups excluding carboxylic acids is 1. The van der Waals surface area contributed by atoms with Crippen LogP contribution in [0.5, 0.6) is 0 Å². The van der Waals surface area contributed by atoms with Crippen LogP contribution in [-0.2, 0) is 4.79 Å². The molecule has 6 heteroatoms. The van der Waals surface area contributed by atoms with E-state index in [0.717, 1.165) is 17.2 Å². The number of rotatable bonds is 7. The summed E-state index contributed by atoms with van der Waals surface area (Å²) in [5, 5.41) is 6.03. The van der Waals surface area contributed by atoms with Crippen molar-refractivity contribution in [1.82, 2.24) is 15.3 Å². The molecule has 0 unspecified atom stereocenters. The van der Waals surface area contributed by atoms with Crippen molar-refractivity contribution in [2.24, 2.45) is 0 Å². The Morgan fingerprint density at radius 3 is 2.62 bits per heavy atom. The van der Waals surface area contributed by atoms with Gasteiger partial charge >= 0.3 is 0 Å². The van der Waals surface area contributed by atoms with Crippen molar-refractivity contribution in [2.75, 3.05) is 37.4 Å². The number of hydrogen-bond donors (Lipinski definition) is 2. The zero-order valence-electron chi connectivity index (χ0n) is 14.3. The Morgan fingerprint density at radius 2 is 1.92 bits per heavy atom. The topological polar surface area (TPSA) is 70.2 Å². The smallest absolute Gasteiger partial charge is 0.244 e. The highest BCUT2D eigenvalue weighted by Gasteiger charge is 2.03. The van der Waals surface area contributed by atoms with Gasteiger partial charge in [0, 0.05) is 39.3 Å². The molecule has 1 amide bonds. The second kappa shape index (κ2) is 8.67. The first-order valence-corrected chi connectivity index (χ1v) is 7.82. The molecule has 0 spiro atoms. The molecular weight excluding hydrogens is 302 g/mol. The second-order valence-electron chi connectivity index (χ2n) is 5.51. The molecule has 126 valence electrons. The SMILES string of the molecule is Cc1nc(NCCNC(=O)C=Cc2ccccc2)cc(N(C)C)n1. The molecule has 0 fully saturated rings. The monoisotopic (exact) mass is 325 g/mol. The number of aryl methyl sites for hydroxylation is 1. The second-order valence-corrected chi connectivity index (χ2v) is 5.51. The largest absolute Gasteiger partial charge is 0.368 e. The Balaban J connectivity index is 1.76. The summed E-state index contributed by atoms with van der Waals surface area (Å²) in [6.07, 6.45) is 3.33. The van der Waals surface area contributed by atoms with E-state index in [9.17, 15) is 4.79 Å². The third-order valence-corrected chi connectivity index (χ3v) is 3.24. The van der Waals surface area contributed by atoms with Gasteiger partial charge in [-0.15, -0.1) is 0 Å². The van der Waals surface area contributed by atoms with E-state index in [0.29, 0.717) is 18.9 Å². The van der Waals surface area contributed by atoms with Crippen molar-refractivity contribution >= 4 is 23.6 Å². The van der Waals surface area contributed by atoms with Gasteiger partial charge in [0.15, 0.2) is 0 Å². The van der Waals surface area contributed by atoms with E-state index in [1.54, 1.807) is 6.08 Å². The minimum atomic E-state index is -0.117. The van der Waals surface area contributed by atoms with Gasteiger partial charge in [-0.3, -0.25) is 4.79 Å². The Hall–Kier alpha value is -2.89.